The highest BCUT2D eigenvalue weighted by Gasteiger charge is 2.27. The first-order valence-corrected chi connectivity index (χ1v) is 14.6. The molecule has 0 spiro atoms. The van der Waals surface area contributed by atoms with Crippen LogP contribution in [-0.2, 0) is 12.8 Å². The van der Waals surface area contributed by atoms with Crippen molar-refractivity contribution in [2.45, 2.75) is 50.5 Å². The number of aromatic amines is 1. The van der Waals surface area contributed by atoms with Gasteiger partial charge in [0.05, 0.1) is 17.9 Å². The molecule has 1 aliphatic heterocycles. The molecule has 1 unspecified atom stereocenters. The van der Waals surface area contributed by atoms with E-state index in [0.717, 1.165) is 62.6 Å². The number of ether oxygens (including phenoxy) is 1. The number of phenols is 1. The zero-order chi connectivity index (χ0) is 27.9. The summed E-state index contributed by atoms with van der Waals surface area (Å²) in [4.78, 5) is 34.4. The van der Waals surface area contributed by atoms with Crippen LogP contribution in [0.25, 0.3) is 22.3 Å². The third kappa shape index (κ3) is 5.61. The second kappa shape index (κ2) is 11.8. The highest BCUT2D eigenvalue weighted by Crippen LogP contribution is 2.41. The molecule has 1 saturated carbocycles. The summed E-state index contributed by atoms with van der Waals surface area (Å²) in [6.07, 6.45) is 5.82. The lowest BCUT2D eigenvalue weighted by molar-refractivity contribution is 0.0937. The van der Waals surface area contributed by atoms with Crippen LogP contribution in [0.15, 0.2) is 59.4 Å². The standard InChI is InChI=1S/C33H34N4O4.ClH/c38-28-8-3-9-29(41-18-19-10-11-19)30(28)27-16-24(22-7-4-12-34-17-22)25-15-26(33(40)37-31(25)36-27)32(39)35-23-13-20-5-1-2-6-21(20)14-23;/h1-3,5-6,8-9,15-16,19,22-23,34,38H,4,7,10-14,17-18H2,(H,35,39)(H,36,37,40);1H. The Labute approximate surface area is 250 Å². The number of pyridine rings is 2. The molecular formula is C33H35ClN4O4. The fraction of sp³-hybridized carbons (Fsp3) is 0.364. The molecule has 1 saturated heterocycles. The molecule has 1 amide bonds. The molecule has 2 aromatic carbocycles. The number of piperidine rings is 1. The Morgan fingerprint density at radius 1 is 1.05 bits per heavy atom. The Balaban J connectivity index is 0.00000316. The van der Waals surface area contributed by atoms with Gasteiger partial charge < -0.3 is 25.5 Å². The van der Waals surface area contributed by atoms with Gasteiger partial charge in [0.2, 0.25) is 0 Å². The molecule has 2 aromatic heterocycles. The molecule has 2 fully saturated rings. The highest BCUT2D eigenvalue weighted by atomic mass is 35.5. The molecule has 8 nitrogen and oxygen atoms in total. The molecule has 4 aromatic rings. The van der Waals surface area contributed by atoms with Crippen molar-refractivity contribution in [2.75, 3.05) is 19.7 Å². The van der Waals surface area contributed by atoms with Gasteiger partial charge in [-0.15, -0.1) is 12.4 Å². The number of amides is 1. The quantitative estimate of drug-likeness (QED) is 0.245. The molecule has 42 heavy (non-hydrogen) atoms. The van der Waals surface area contributed by atoms with Gasteiger partial charge in [0, 0.05) is 18.0 Å². The molecular weight excluding hydrogens is 552 g/mol. The number of nitrogens with one attached hydrogen (secondary N) is 3. The summed E-state index contributed by atoms with van der Waals surface area (Å²) < 4.78 is 6.12. The summed E-state index contributed by atoms with van der Waals surface area (Å²) in [7, 11) is 0. The number of H-pyrrole nitrogens is 1. The maximum atomic E-state index is 13.4. The lowest BCUT2D eigenvalue weighted by Crippen LogP contribution is -2.38. The molecule has 218 valence electrons. The van der Waals surface area contributed by atoms with E-state index in [1.807, 2.05) is 24.3 Å². The van der Waals surface area contributed by atoms with Crippen molar-refractivity contribution in [3.05, 3.63) is 87.2 Å². The van der Waals surface area contributed by atoms with Crippen LogP contribution >= 0.6 is 12.4 Å². The Morgan fingerprint density at radius 2 is 1.83 bits per heavy atom. The van der Waals surface area contributed by atoms with Gasteiger partial charge in [0.1, 0.15) is 22.7 Å². The number of rotatable bonds is 7. The number of aromatic nitrogens is 2. The Bertz CT molecular complexity index is 1670. The van der Waals surface area contributed by atoms with E-state index in [0.29, 0.717) is 35.2 Å². The molecule has 0 radical (unpaired) electrons. The number of fused-ring (bicyclic) bond motifs is 2. The number of halogens is 1. The highest BCUT2D eigenvalue weighted by molar-refractivity contribution is 5.98. The van der Waals surface area contributed by atoms with Crippen molar-refractivity contribution in [3.63, 3.8) is 0 Å². The van der Waals surface area contributed by atoms with Gasteiger partial charge in [-0.3, -0.25) is 9.59 Å². The van der Waals surface area contributed by atoms with Gasteiger partial charge in [-0.25, -0.2) is 4.98 Å². The van der Waals surface area contributed by atoms with E-state index < -0.39 is 5.56 Å². The van der Waals surface area contributed by atoms with Gasteiger partial charge in [-0.2, -0.15) is 0 Å². The monoisotopic (exact) mass is 586 g/mol. The van der Waals surface area contributed by atoms with Crippen LogP contribution in [-0.4, -0.2) is 46.7 Å². The van der Waals surface area contributed by atoms with E-state index in [2.05, 4.69) is 27.8 Å². The third-order valence-corrected chi connectivity index (χ3v) is 8.66. The molecule has 4 N–H and O–H groups in total. The van der Waals surface area contributed by atoms with Gasteiger partial charge >= 0.3 is 0 Å². The number of carbonyl (C=O) groups excluding carboxylic acids is 1. The summed E-state index contributed by atoms with van der Waals surface area (Å²) in [5.74, 6) is 0.999. The number of carbonyl (C=O) groups is 1. The molecule has 3 heterocycles. The first kappa shape index (κ1) is 28.2. The molecule has 2 aliphatic carbocycles. The van der Waals surface area contributed by atoms with E-state index in [4.69, 9.17) is 9.72 Å². The zero-order valence-electron chi connectivity index (χ0n) is 23.3. The van der Waals surface area contributed by atoms with Crippen molar-refractivity contribution in [3.8, 4) is 22.8 Å². The van der Waals surface area contributed by atoms with Crippen LogP contribution in [0.2, 0.25) is 0 Å². The fourth-order valence-corrected chi connectivity index (χ4v) is 6.27. The molecule has 0 bridgehead atoms. The van der Waals surface area contributed by atoms with Gasteiger partial charge in [0.15, 0.2) is 0 Å². The van der Waals surface area contributed by atoms with E-state index in [1.165, 1.54) is 11.1 Å². The average molecular weight is 587 g/mol. The van der Waals surface area contributed by atoms with Crippen LogP contribution < -0.4 is 20.9 Å². The molecule has 3 aliphatic rings. The number of hydrogen-bond acceptors (Lipinski definition) is 6. The van der Waals surface area contributed by atoms with E-state index >= 15 is 0 Å². The Hall–Kier alpha value is -3.88. The zero-order valence-corrected chi connectivity index (χ0v) is 24.1. The van der Waals surface area contributed by atoms with E-state index in [9.17, 15) is 14.7 Å². The topological polar surface area (TPSA) is 116 Å². The van der Waals surface area contributed by atoms with Crippen molar-refractivity contribution >= 4 is 29.3 Å². The minimum atomic E-state index is -0.481. The van der Waals surface area contributed by atoms with E-state index in [-0.39, 0.29) is 41.6 Å². The summed E-state index contributed by atoms with van der Waals surface area (Å²) in [5, 5.41) is 18.2. The number of benzene rings is 2. The summed E-state index contributed by atoms with van der Waals surface area (Å²) in [6.45, 7) is 2.34. The van der Waals surface area contributed by atoms with Gasteiger partial charge in [-0.1, -0.05) is 30.3 Å². The lowest BCUT2D eigenvalue weighted by atomic mass is 9.88. The van der Waals surface area contributed by atoms with Crippen LogP contribution in [0, 0.1) is 5.92 Å². The summed E-state index contributed by atoms with van der Waals surface area (Å²) in [5.41, 5.74) is 4.52. The van der Waals surface area contributed by atoms with Crippen LogP contribution in [0.5, 0.6) is 11.5 Å². The summed E-state index contributed by atoms with van der Waals surface area (Å²) in [6, 6.07) is 17.1. The maximum absolute atomic E-state index is 13.4. The van der Waals surface area contributed by atoms with Crippen molar-refractivity contribution in [2.24, 2.45) is 5.92 Å². The average Bonchev–Trinajstić information content (AvgIpc) is 3.72. The van der Waals surface area contributed by atoms with Gasteiger partial charge in [0.25, 0.3) is 11.5 Å². The Kier molecular flexibility index (Phi) is 7.92. The smallest absolute Gasteiger partial charge is 0.262 e. The minimum Gasteiger partial charge on any atom is -0.507 e. The van der Waals surface area contributed by atoms with Crippen molar-refractivity contribution < 1.29 is 14.6 Å². The lowest BCUT2D eigenvalue weighted by Gasteiger charge is -2.25. The largest absolute Gasteiger partial charge is 0.507 e. The van der Waals surface area contributed by atoms with Crippen LogP contribution in [0.3, 0.4) is 0 Å². The number of aromatic hydroxyl groups is 1. The van der Waals surface area contributed by atoms with Crippen LogP contribution in [0.4, 0.5) is 0 Å². The summed E-state index contributed by atoms with van der Waals surface area (Å²) >= 11 is 0. The first-order valence-electron chi connectivity index (χ1n) is 14.6. The SMILES string of the molecule is Cl.O=C(NC1Cc2ccccc2C1)c1cc2c(C3CCCNC3)cc(-c3c(O)cccc3OCC3CC3)nc2[nH]c1=O. The van der Waals surface area contributed by atoms with Crippen molar-refractivity contribution in [1.82, 2.24) is 20.6 Å². The predicted octanol–water partition coefficient (Wildman–Crippen LogP) is 4.87. The molecule has 9 heteroatoms. The third-order valence-electron chi connectivity index (χ3n) is 8.66. The normalized spacial score (nSPS) is 18.3. The minimum absolute atomic E-state index is 0. The van der Waals surface area contributed by atoms with Gasteiger partial charge in [-0.05, 0) is 97.9 Å². The second-order valence-electron chi connectivity index (χ2n) is 11.7. The van der Waals surface area contributed by atoms with E-state index in [1.54, 1.807) is 18.2 Å². The second-order valence-corrected chi connectivity index (χ2v) is 11.7. The van der Waals surface area contributed by atoms with Crippen LogP contribution in [0.1, 0.15) is 58.6 Å². The predicted molar refractivity (Wildman–Crippen MR) is 165 cm³/mol. The Morgan fingerprint density at radius 3 is 2.55 bits per heavy atom. The maximum Gasteiger partial charge on any atom is 0.262 e. The first-order chi connectivity index (χ1) is 20.0. The molecule has 7 rings (SSSR count). The number of nitrogens with zero attached hydrogens (tertiary/aromatic N) is 1. The molecule has 1 atom stereocenters. The van der Waals surface area contributed by atoms with Crippen molar-refractivity contribution in [1.29, 1.82) is 0 Å². The number of phenolic OH excluding ortho intramolecular Hbond substituents is 1. The fourth-order valence-electron chi connectivity index (χ4n) is 6.27. The number of hydrogen-bond donors (Lipinski definition) is 4.